The number of nitrogens with one attached hydrogen (secondary N) is 1. The van der Waals surface area contributed by atoms with Crippen LogP contribution in [0.4, 0.5) is 0 Å². The first-order chi connectivity index (χ1) is 6.58. The van der Waals surface area contributed by atoms with Gasteiger partial charge >= 0.3 is 0 Å². The van der Waals surface area contributed by atoms with Crippen LogP contribution < -0.4 is 5.32 Å². The van der Waals surface area contributed by atoms with Crippen molar-refractivity contribution < 1.29 is 0 Å². The Morgan fingerprint density at radius 2 is 1.93 bits per heavy atom. The molecule has 1 nitrogen and oxygen atoms in total. The number of hydrogen-bond acceptors (Lipinski definition) is 2. The molecule has 0 heterocycles. The molecule has 78 valence electrons. The maximum Gasteiger partial charge on any atom is 0.0387 e. The third-order valence-electron chi connectivity index (χ3n) is 2.55. The molecule has 0 unspecified atom stereocenters. The summed E-state index contributed by atoms with van der Waals surface area (Å²) >= 11 is 4.16. The second-order valence-corrected chi connectivity index (χ2v) is 4.60. The Kier molecular flexibility index (Phi) is 4.02. The van der Waals surface area contributed by atoms with E-state index in [-0.39, 0.29) is 5.41 Å². The average molecular weight is 209 g/mol. The Morgan fingerprint density at radius 1 is 1.29 bits per heavy atom. The van der Waals surface area contributed by atoms with E-state index in [4.69, 9.17) is 0 Å². The lowest BCUT2D eigenvalue weighted by Gasteiger charge is -2.27. The van der Waals surface area contributed by atoms with E-state index >= 15 is 0 Å². The van der Waals surface area contributed by atoms with Crippen molar-refractivity contribution in [3.05, 3.63) is 35.4 Å². The summed E-state index contributed by atoms with van der Waals surface area (Å²) in [4.78, 5) is 0. The molecule has 0 radical (unpaired) electrons. The van der Waals surface area contributed by atoms with Crippen molar-refractivity contribution in [3.8, 4) is 0 Å². The third kappa shape index (κ3) is 2.76. The van der Waals surface area contributed by atoms with Gasteiger partial charge in [0.05, 0.1) is 0 Å². The van der Waals surface area contributed by atoms with Crippen LogP contribution in [0.2, 0.25) is 0 Å². The van der Waals surface area contributed by atoms with Crippen molar-refractivity contribution in [3.63, 3.8) is 0 Å². The van der Waals surface area contributed by atoms with Gasteiger partial charge in [-0.05, 0) is 18.1 Å². The second kappa shape index (κ2) is 4.85. The number of rotatable bonds is 4. The third-order valence-corrected chi connectivity index (χ3v) is 2.78. The van der Waals surface area contributed by atoms with E-state index in [2.05, 4.69) is 63.0 Å². The molecule has 1 aromatic carbocycles. The summed E-state index contributed by atoms with van der Waals surface area (Å²) in [6.07, 6.45) is 0. The Hall–Kier alpha value is -0.470. The lowest BCUT2D eigenvalue weighted by molar-refractivity contribution is 0.488. The number of aryl methyl sites for hydroxylation is 1. The van der Waals surface area contributed by atoms with E-state index in [1.54, 1.807) is 0 Å². The summed E-state index contributed by atoms with van der Waals surface area (Å²) < 4.78 is 0. The van der Waals surface area contributed by atoms with Crippen molar-refractivity contribution in [2.45, 2.75) is 26.2 Å². The Balaban J connectivity index is 2.86. The van der Waals surface area contributed by atoms with Gasteiger partial charge in [-0.3, -0.25) is 0 Å². The van der Waals surface area contributed by atoms with Crippen LogP contribution in [0.25, 0.3) is 0 Å². The van der Waals surface area contributed by atoms with Gasteiger partial charge in [0.2, 0.25) is 0 Å². The molecule has 0 fully saturated rings. The first-order valence-corrected chi connectivity index (χ1v) is 5.59. The minimum Gasteiger partial charge on any atom is -0.307 e. The molecule has 0 atom stereocenters. The van der Waals surface area contributed by atoms with E-state index in [0.717, 1.165) is 12.4 Å². The summed E-state index contributed by atoms with van der Waals surface area (Å²) in [6, 6.07) is 8.55. The van der Waals surface area contributed by atoms with Crippen molar-refractivity contribution in [1.82, 2.24) is 5.32 Å². The van der Waals surface area contributed by atoms with Gasteiger partial charge in [-0.2, -0.15) is 12.6 Å². The highest BCUT2D eigenvalue weighted by atomic mass is 32.1. The van der Waals surface area contributed by atoms with Gasteiger partial charge < -0.3 is 5.32 Å². The molecule has 0 amide bonds. The van der Waals surface area contributed by atoms with Gasteiger partial charge in [0, 0.05) is 17.8 Å². The van der Waals surface area contributed by atoms with Crippen LogP contribution in [-0.2, 0) is 5.41 Å². The van der Waals surface area contributed by atoms with E-state index < -0.39 is 0 Å². The summed E-state index contributed by atoms with van der Waals surface area (Å²) in [5, 5.41) is 3.28. The fraction of sp³-hybridized carbons (Fsp3) is 0.500. The van der Waals surface area contributed by atoms with Gasteiger partial charge in [0.25, 0.3) is 0 Å². The quantitative estimate of drug-likeness (QED) is 0.574. The fourth-order valence-corrected chi connectivity index (χ4v) is 1.91. The smallest absolute Gasteiger partial charge is 0.0387 e. The zero-order valence-corrected chi connectivity index (χ0v) is 10.1. The van der Waals surface area contributed by atoms with Crippen LogP contribution in [0.1, 0.15) is 25.0 Å². The first-order valence-electron chi connectivity index (χ1n) is 4.95. The van der Waals surface area contributed by atoms with E-state index in [1.165, 1.54) is 11.1 Å². The topological polar surface area (TPSA) is 12.0 Å². The van der Waals surface area contributed by atoms with Crippen LogP contribution in [0.3, 0.4) is 0 Å². The summed E-state index contributed by atoms with van der Waals surface area (Å²) in [7, 11) is 0. The van der Waals surface area contributed by atoms with Gasteiger partial charge in [0.15, 0.2) is 0 Å². The molecule has 1 aromatic rings. The lowest BCUT2D eigenvalue weighted by atomic mass is 9.82. The van der Waals surface area contributed by atoms with Gasteiger partial charge in [0.1, 0.15) is 0 Å². The minimum absolute atomic E-state index is 0.175. The normalized spacial score (nSPS) is 11.7. The van der Waals surface area contributed by atoms with Gasteiger partial charge in [-0.25, -0.2) is 0 Å². The highest BCUT2D eigenvalue weighted by molar-refractivity contribution is 7.80. The average Bonchev–Trinajstić information content (AvgIpc) is 2.15. The van der Waals surface area contributed by atoms with Crippen LogP contribution in [0, 0.1) is 6.92 Å². The summed E-state index contributed by atoms with van der Waals surface area (Å²) in [6.45, 7) is 7.64. The molecule has 0 saturated carbocycles. The second-order valence-electron chi connectivity index (χ2n) is 4.28. The highest BCUT2D eigenvalue weighted by Crippen LogP contribution is 2.25. The molecule has 2 heteroatoms. The maximum atomic E-state index is 4.16. The Labute approximate surface area is 92.3 Å². The SMILES string of the molecule is Cc1ccccc1C(C)(C)CNCS. The standard InChI is InChI=1S/C12H19NS/c1-10-6-4-5-7-11(10)12(2,3)8-13-9-14/h4-7,13-14H,8-9H2,1-3H3. The maximum absolute atomic E-state index is 4.16. The molecule has 0 aliphatic carbocycles. The predicted molar refractivity (Wildman–Crippen MR) is 66.1 cm³/mol. The highest BCUT2D eigenvalue weighted by Gasteiger charge is 2.21. The molecule has 0 saturated heterocycles. The van der Waals surface area contributed by atoms with E-state index in [0.29, 0.717) is 0 Å². The molecule has 0 spiro atoms. The molecule has 1 N–H and O–H groups in total. The lowest BCUT2D eigenvalue weighted by Crippen LogP contribution is -2.32. The zero-order chi connectivity index (χ0) is 10.6. The number of hydrogen-bond donors (Lipinski definition) is 2. The van der Waals surface area contributed by atoms with Crippen molar-refractivity contribution in [2.24, 2.45) is 0 Å². The van der Waals surface area contributed by atoms with Crippen molar-refractivity contribution in [1.29, 1.82) is 0 Å². The molecular formula is C12H19NS. The van der Waals surface area contributed by atoms with E-state index in [9.17, 15) is 0 Å². The monoisotopic (exact) mass is 209 g/mol. The molecule has 0 aliphatic rings. The molecule has 1 rings (SSSR count). The largest absolute Gasteiger partial charge is 0.307 e. The van der Waals surface area contributed by atoms with Gasteiger partial charge in [-0.1, -0.05) is 38.1 Å². The van der Waals surface area contributed by atoms with Crippen LogP contribution in [0.15, 0.2) is 24.3 Å². The Morgan fingerprint density at radius 3 is 2.50 bits per heavy atom. The number of thiol groups is 1. The zero-order valence-electron chi connectivity index (χ0n) is 9.17. The fourth-order valence-electron chi connectivity index (χ4n) is 1.80. The summed E-state index contributed by atoms with van der Waals surface area (Å²) in [5.74, 6) is 0.731. The van der Waals surface area contributed by atoms with Gasteiger partial charge in [-0.15, -0.1) is 0 Å². The predicted octanol–water partition coefficient (Wildman–Crippen LogP) is 2.75. The Bertz CT molecular complexity index is 294. The minimum atomic E-state index is 0.175. The molecule has 14 heavy (non-hydrogen) atoms. The van der Waals surface area contributed by atoms with E-state index in [1.807, 2.05) is 0 Å². The molecule has 0 aliphatic heterocycles. The van der Waals surface area contributed by atoms with Crippen molar-refractivity contribution in [2.75, 3.05) is 12.4 Å². The van der Waals surface area contributed by atoms with Crippen LogP contribution in [0.5, 0.6) is 0 Å². The molecular weight excluding hydrogens is 190 g/mol. The first kappa shape index (κ1) is 11.6. The molecule has 0 aromatic heterocycles. The molecule has 0 bridgehead atoms. The van der Waals surface area contributed by atoms with Crippen LogP contribution in [-0.4, -0.2) is 12.4 Å². The van der Waals surface area contributed by atoms with Crippen LogP contribution >= 0.6 is 12.6 Å². The summed E-state index contributed by atoms with van der Waals surface area (Å²) in [5.41, 5.74) is 2.95. The van der Waals surface area contributed by atoms with Crippen molar-refractivity contribution >= 4 is 12.6 Å². The number of benzene rings is 1.